The van der Waals surface area contributed by atoms with Crippen LogP contribution in [0.15, 0.2) is 53.5 Å². The lowest BCUT2D eigenvalue weighted by molar-refractivity contribution is -0.128. The van der Waals surface area contributed by atoms with E-state index >= 15 is 0 Å². The molecule has 2 N–H and O–H groups in total. The number of rotatable bonds is 7. The van der Waals surface area contributed by atoms with E-state index < -0.39 is 0 Å². The second-order valence-electron chi connectivity index (χ2n) is 7.21. The summed E-state index contributed by atoms with van der Waals surface area (Å²) >= 11 is 0. The third kappa shape index (κ3) is 5.59. The predicted molar refractivity (Wildman–Crippen MR) is 114 cm³/mol. The lowest BCUT2D eigenvalue weighted by atomic mass is 10.1. The number of aliphatic imine (C=N–C) groups is 1. The van der Waals surface area contributed by atoms with Gasteiger partial charge in [0.25, 0.3) is 0 Å². The predicted octanol–water partition coefficient (Wildman–Crippen LogP) is 3.37. The van der Waals surface area contributed by atoms with Crippen LogP contribution in [0.5, 0.6) is 0 Å². The van der Waals surface area contributed by atoms with Crippen LogP contribution in [0.3, 0.4) is 0 Å². The Hall–Kier alpha value is -2.82. The van der Waals surface area contributed by atoms with Gasteiger partial charge in [-0.05, 0) is 42.5 Å². The van der Waals surface area contributed by atoms with E-state index in [-0.39, 0.29) is 5.91 Å². The smallest absolute Gasteiger partial charge is 0.222 e. The first-order valence-corrected chi connectivity index (χ1v) is 10.1. The summed E-state index contributed by atoms with van der Waals surface area (Å²) in [4.78, 5) is 18.5. The summed E-state index contributed by atoms with van der Waals surface area (Å²) in [6.45, 7) is 7.92. The van der Waals surface area contributed by atoms with E-state index in [0.717, 1.165) is 37.6 Å². The molecule has 0 bridgehead atoms. The number of carbonyl (C=O) groups excluding carboxylic acids is 1. The van der Waals surface area contributed by atoms with Crippen molar-refractivity contribution in [3.05, 3.63) is 70.8 Å². The van der Waals surface area contributed by atoms with Crippen molar-refractivity contribution in [3.63, 3.8) is 0 Å². The molecule has 2 aromatic rings. The molecule has 1 fully saturated rings. The van der Waals surface area contributed by atoms with Crippen LogP contribution in [0.25, 0.3) is 0 Å². The molecule has 0 spiro atoms. The van der Waals surface area contributed by atoms with Crippen molar-refractivity contribution < 1.29 is 4.79 Å². The average Bonchev–Trinajstić information content (AvgIpc) is 3.10. The Bertz CT molecular complexity index is 831. The lowest BCUT2D eigenvalue weighted by Gasteiger charge is -2.16. The van der Waals surface area contributed by atoms with Gasteiger partial charge in [-0.2, -0.15) is 0 Å². The number of aryl methyl sites for hydroxylation is 1. The van der Waals surface area contributed by atoms with Gasteiger partial charge >= 0.3 is 0 Å². The van der Waals surface area contributed by atoms with Crippen LogP contribution in [0.4, 0.5) is 0 Å². The summed E-state index contributed by atoms with van der Waals surface area (Å²) in [5.41, 5.74) is 4.86. The van der Waals surface area contributed by atoms with Crippen molar-refractivity contribution in [2.24, 2.45) is 4.99 Å². The molecule has 28 heavy (non-hydrogen) atoms. The number of amides is 1. The highest BCUT2D eigenvalue weighted by Crippen LogP contribution is 2.15. The van der Waals surface area contributed by atoms with Crippen molar-refractivity contribution in [2.75, 3.05) is 13.1 Å². The minimum Gasteiger partial charge on any atom is -0.357 e. The third-order valence-corrected chi connectivity index (χ3v) is 5.01. The molecule has 1 amide bonds. The maximum absolute atomic E-state index is 11.9. The zero-order valence-corrected chi connectivity index (χ0v) is 16.9. The minimum absolute atomic E-state index is 0.262. The molecule has 0 unspecified atom stereocenters. The number of carbonyl (C=O) groups is 1. The molecule has 0 aromatic heterocycles. The first kappa shape index (κ1) is 19.9. The zero-order chi connectivity index (χ0) is 19.8. The normalized spacial score (nSPS) is 14.4. The molecule has 1 heterocycles. The lowest BCUT2D eigenvalue weighted by Crippen LogP contribution is -2.36. The Balaban J connectivity index is 1.61. The van der Waals surface area contributed by atoms with Crippen molar-refractivity contribution in [3.8, 4) is 0 Å². The molecule has 0 saturated carbocycles. The Morgan fingerprint density at radius 3 is 2.68 bits per heavy atom. The van der Waals surface area contributed by atoms with Crippen LogP contribution in [0, 0.1) is 6.92 Å². The maximum atomic E-state index is 11.9. The van der Waals surface area contributed by atoms with E-state index in [1.165, 1.54) is 16.7 Å². The molecule has 1 aliphatic heterocycles. The molecule has 148 valence electrons. The van der Waals surface area contributed by atoms with Gasteiger partial charge in [-0.25, -0.2) is 4.99 Å². The van der Waals surface area contributed by atoms with Crippen molar-refractivity contribution in [1.82, 2.24) is 15.5 Å². The van der Waals surface area contributed by atoms with Gasteiger partial charge in [0.05, 0.1) is 6.54 Å². The largest absolute Gasteiger partial charge is 0.357 e. The number of guanidine groups is 1. The number of hydrogen-bond donors (Lipinski definition) is 2. The summed E-state index contributed by atoms with van der Waals surface area (Å²) in [7, 11) is 0. The quantitative estimate of drug-likeness (QED) is 0.574. The van der Waals surface area contributed by atoms with Crippen LogP contribution >= 0.6 is 0 Å². The van der Waals surface area contributed by atoms with Crippen molar-refractivity contribution >= 4 is 11.9 Å². The van der Waals surface area contributed by atoms with Crippen LogP contribution in [0.2, 0.25) is 0 Å². The number of likely N-dealkylation sites (tertiary alicyclic amines) is 1. The molecule has 5 heteroatoms. The molecule has 0 radical (unpaired) electrons. The van der Waals surface area contributed by atoms with Gasteiger partial charge in [-0.3, -0.25) is 4.79 Å². The van der Waals surface area contributed by atoms with E-state index in [0.29, 0.717) is 19.5 Å². The highest BCUT2D eigenvalue weighted by Gasteiger charge is 2.19. The van der Waals surface area contributed by atoms with Gasteiger partial charge in [-0.1, -0.05) is 48.5 Å². The van der Waals surface area contributed by atoms with Crippen molar-refractivity contribution in [1.29, 1.82) is 0 Å². The molecular weight excluding hydrogens is 348 g/mol. The monoisotopic (exact) mass is 378 g/mol. The van der Waals surface area contributed by atoms with E-state index in [2.05, 4.69) is 73.0 Å². The fourth-order valence-electron chi connectivity index (χ4n) is 3.42. The van der Waals surface area contributed by atoms with Gasteiger partial charge in [0.15, 0.2) is 5.96 Å². The van der Waals surface area contributed by atoms with Gasteiger partial charge in [0.2, 0.25) is 5.91 Å². The van der Waals surface area contributed by atoms with Gasteiger partial charge in [0, 0.05) is 32.6 Å². The standard InChI is InChI=1S/C23H30N4O/c1-3-24-23(26-16-21-11-5-4-8-18(21)2)25-15-19-9-6-10-20(14-19)17-27-13-7-12-22(27)28/h4-6,8-11,14H,3,7,12-13,15-17H2,1-2H3,(H2,24,25,26). The highest BCUT2D eigenvalue weighted by atomic mass is 16.2. The third-order valence-electron chi connectivity index (χ3n) is 5.01. The fourth-order valence-corrected chi connectivity index (χ4v) is 3.42. The number of nitrogens with zero attached hydrogens (tertiary/aromatic N) is 2. The molecule has 5 nitrogen and oxygen atoms in total. The molecule has 2 aromatic carbocycles. The number of nitrogens with one attached hydrogen (secondary N) is 2. The highest BCUT2D eigenvalue weighted by molar-refractivity contribution is 5.79. The molecule has 0 aliphatic carbocycles. The van der Waals surface area contributed by atoms with Crippen LogP contribution < -0.4 is 10.6 Å². The molecule has 0 atom stereocenters. The topological polar surface area (TPSA) is 56.7 Å². The minimum atomic E-state index is 0.262. The van der Waals surface area contributed by atoms with Crippen LogP contribution in [-0.2, 0) is 24.4 Å². The molecule has 1 saturated heterocycles. The number of benzene rings is 2. The summed E-state index contributed by atoms with van der Waals surface area (Å²) in [5.74, 6) is 1.07. The second-order valence-corrected chi connectivity index (χ2v) is 7.21. The number of hydrogen-bond acceptors (Lipinski definition) is 2. The van der Waals surface area contributed by atoms with Crippen molar-refractivity contribution in [2.45, 2.75) is 46.3 Å². The van der Waals surface area contributed by atoms with Gasteiger partial charge in [-0.15, -0.1) is 0 Å². The average molecular weight is 379 g/mol. The van der Waals surface area contributed by atoms with E-state index in [1.54, 1.807) is 0 Å². The zero-order valence-electron chi connectivity index (χ0n) is 16.9. The first-order chi connectivity index (χ1) is 13.7. The maximum Gasteiger partial charge on any atom is 0.222 e. The summed E-state index contributed by atoms with van der Waals surface area (Å²) in [5, 5.41) is 6.72. The summed E-state index contributed by atoms with van der Waals surface area (Å²) in [6.07, 6.45) is 1.66. The second kappa shape index (κ2) is 9.93. The SMILES string of the molecule is CCNC(=NCc1cccc(CN2CCCC2=O)c1)NCc1ccccc1C. The van der Waals surface area contributed by atoms with Crippen LogP contribution in [-0.4, -0.2) is 29.9 Å². The fraction of sp³-hybridized carbons (Fsp3) is 0.391. The van der Waals surface area contributed by atoms with Gasteiger partial charge in [0.1, 0.15) is 0 Å². The Kier molecular flexibility index (Phi) is 7.06. The summed E-state index contributed by atoms with van der Waals surface area (Å²) in [6, 6.07) is 16.7. The van der Waals surface area contributed by atoms with E-state index in [1.807, 2.05) is 4.90 Å². The molecule has 1 aliphatic rings. The first-order valence-electron chi connectivity index (χ1n) is 10.1. The molecular formula is C23H30N4O. The van der Waals surface area contributed by atoms with E-state index in [4.69, 9.17) is 4.99 Å². The Labute approximate surface area is 167 Å². The Morgan fingerprint density at radius 2 is 1.93 bits per heavy atom. The Morgan fingerprint density at radius 1 is 1.11 bits per heavy atom. The summed E-state index contributed by atoms with van der Waals surface area (Å²) < 4.78 is 0. The van der Waals surface area contributed by atoms with Crippen LogP contribution in [0.1, 0.15) is 42.0 Å². The molecule has 3 rings (SSSR count). The van der Waals surface area contributed by atoms with Gasteiger partial charge < -0.3 is 15.5 Å². The van der Waals surface area contributed by atoms with E-state index in [9.17, 15) is 4.79 Å².